The number of carbonyl (C=O) groups excluding carboxylic acids is 1. The lowest BCUT2D eigenvalue weighted by atomic mass is 10.0. The predicted molar refractivity (Wildman–Crippen MR) is 83.0 cm³/mol. The lowest BCUT2D eigenvalue weighted by Crippen LogP contribution is -2.41. The maximum absolute atomic E-state index is 12.5. The van der Waals surface area contributed by atoms with E-state index in [0.29, 0.717) is 28.2 Å². The first kappa shape index (κ1) is 15.1. The van der Waals surface area contributed by atoms with Crippen LogP contribution in [0.1, 0.15) is 31.1 Å². The van der Waals surface area contributed by atoms with Crippen molar-refractivity contribution in [2.24, 2.45) is 0 Å². The van der Waals surface area contributed by atoms with E-state index in [-0.39, 0.29) is 12.1 Å². The van der Waals surface area contributed by atoms with Crippen molar-refractivity contribution in [1.29, 1.82) is 0 Å². The van der Waals surface area contributed by atoms with Crippen LogP contribution in [0.2, 0.25) is 10.0 Å². The minimum atomic E-state index is -0.244. The zero-order valence-corrected chi connectivity index (χ0v) is 13.1. The second-order valence-corrected chi connectivity index (χ2v) is 5.80. The van der Waals surface area contributed by atoms with Crippen molar-refractivity contribution in [1.82, 2.24) is 25.1 Å². The number of hydrogen-bond acceptors (Lipinski definition) is 4. The van der Waals surface area contributed by atoms with Gasteiger partial charge in [-0.05, 0) is 19.3 Å². The molecule has 2 N–H and O–H groups in total. The number of hydrogen-bond donors (Lipinski definition) is 2. The van der Waals surface area contributed by atoms with Crippen LogP contribution in [0.5, 0.6) is 0 Å². The Bertz CT molecular complexity index is 663. The number of halogens is 2. The lowest BCUT2D eigenvalue weighted by molar-refractivity contribution is 0.159. The number of rotatable bonds is 2. The van der Waals surface area contributed by atoms with E-state index in [0.717, 1.165) is 19.3 Å². The van der Waals surface area contributed by atoms with E-state index in [1.165, 1.54) is 18.6 Å². The highest BCUT2D eigenvalue weighted by atomic mass is 35.5. The molecule has 0 aromatic carbocycles. The maximum atomic E-state index is 12.5. The Morgan fingerprint density at radius 1 is 1.32 bits per heavy atom. The summed E-state index contributed by atoms with van der Waals surface area (Å²) in [5.41, 5.74) is 0. The van der Waals surface area contributed by atoms with Gasteiger partial charge in [0.1, 0.15) is 18.0 Å². The van der Waals surface area contributed by atoms with Crippen LogP contribution in [-0.4, -0.2) is 37.6 Å². The monoisotopic (exact) mass is 340 g/mol. The summed E-state index contributed by atoms with van der Waals surface area (Å²) in [6, 6.07) is 1.17. The zero-order valence-electron chi connectivity index (χ0n) is 11.6. The molecule has 2 amide bonds. The number of carbonyl (C=O) groups is 1. The van der Waals surface area contributed by atoms with E-state index in [4.69, 9.17) is 23.2 Å². The Morgan fingerprint density at radius 3 is 2.91 bits per heavy atom. The van der Waals surface area contributed by atoms with Gasteiger partial charge in [-0.2, -0.15) is 5.10 Å². The SMILES string of the molecule is O=C(Nc1cc(Cl)c(Cl)cn1)N1CCCC[C@H]1c1ncn[nH]1. The molecule has 7 nitrogen and oxygen atoms in total. The molecule has 0 radical (unpaired) electrons. The van der Waals surface area contributed by atoms with E-state index >= 15 is 0 Å². The van der Waals surface area contributed by atoms with Gasteiger partial charge in [-0.15, -0.1) is 0 Å². The lowest BCUT2D eigenvalue weighted by Gasteiger charge is -2.34. The van der Waals surface area contributed by atoms with Crippen LogP contribution in [0.3, 0.4) is 0 Å². The van der Waals surface area contributed by atoms with Crippen LogP contribution >= 0.6 is 23.2 Å². The summed E-state index contributed by atoms with van der Waals surface area (Å²) in [7, 11) is 0. The molecule has 1 saturated heterocycles. The molecule has 0 unspecified atom stereocenters. The predicted octanol–water partition coefficient (Wildman–Crippen LogP) is 3.27. The van der Waals surface area contributed by atoms with E-state index in [9.17, 15) is 4.79 Å². The molecule has 116 valence electrons. The highest BCUT2D eigenvalue weighted by molar-refractivity contribution is 6.42. The average Bonchev–Trinajstić information content (AvgIpc) is 3.05. The maximum Gasteiger partial charge on any atom is 0.323 e. The number of amides is 2. The summed E-state index contributed by atoms with van der Waals surface area (Å²) in [6.45, 7) is 0.651. The normalized spacial score (nSPS) is 18.3. The second kappa shape index (κ2) is 6.50. The number of urea groups is 1. The van der Waals surface area contributed by atoms with E-state index in [1.54, 1.807) is 4.90 Å². The molecule has 3 heterocycles. The van der Waals surface area contributed by atoms with E-state index in [2.05, 4.69) is 25.5 Å². The molecule has 0 spiro atoms. The van der Waals surface area contributed by atoms with Crippen LogP contribution in [-0.2, 0) is 0 Å². The molecule has 1 fully saturated rings. The van der Waals surface area contributed by atoms with Gasteiger partial charge in [-0.1, -0.05) is 23.2 Å². The number of likely N-dealkylation sites (tertiary alicyclic amines) is 1. The second-order valence-electron chi connectivity index (χ2n) is 4.99. The average molecular weight is 341 g/mol. The molecule has 22 heavy (non-hydrogen) atoms. The Morgan fingerprint density at radius 2 is 2.18 bits per heavy atom. The molecule has 1 aliphatic heterocycles. The van der Waals surface area contributed by atoms with E-state index < -0.39 is 0 Å². The molecule has 2 aromatic heterocycles. The number of piperidine rings is 1. The standard InChI is InChI=1S/C13H14Cl2N6O/c14-8-5-11(16-6-9(8)15)19-13(22)21-4-2-1-3-10(21)12-17-7-18-20-12/h5-7,10H,1-4H2,(H,16,19,22)(H,17,18,20)/t10-/m0/s1. The smallest absolute Gasteiger partial charge is 0.314 e. The van der Waals surface area contributed by atoms with Crippen LogP contribution in [0, 0.1) is 0 Å². The number of anilines is 1. The first-order chi connectivity index (χ1) is 10.6. The Hall–Kier alpha value is -1.86. The summed E-state index contributed by atoms with van der Waals surface area (Å²) in [4.78, 5) is 22.5. The summed E-state index contributed by atoms with van der Waals surface area (Å²) < 4.78 is 0. The van der Waals surface area contributed by atoms with Crippen molar-refractivity contribution in [2.45, 2.75) is 25.3 Å². The fraction of sp³-hybridized carbons (Fsp3) is 0.385. The third-order valence-electron chi connectivity index (χ3n) is 3.56. The quantitative estimate of drug-likeness (QED) is 0.878. The van der Waals surface area contributed by atoms with Crippen molar-refractivity contribution in [3.8, 4) is 0 Å². The van der Waals surface area contributed by atoms with Gasteiger partial charge in [0.2, 0.25) is 0 Å². The highest BCUT2D eigenvalue weighted by Gasteiger charge is 2.30. The number of aromatic nitrogens is 4. The number of H-pyrrole nitrogens is 1. The molecule has 2 aromatic rings. The van der Waals surface area contributed by atoms with Gasteiger partial charge in [0.15, 0.2) is 0 Å². The molecular formula is C13H14Cl2N6O. The minimum Gasteiger partial charge on any atom is -0.314 e. The van der Waals surface area contributed by atoms with Crippen molar-refractivity contribution >= 4 is 35.1 Å². The highest BCUT2D eigenvalue weighted by Crippen LogP contribution is 2.29. The molecule has 1 aliphatic rings. The molecule has 0 bridgehead atoms. The summed E-state index contributed by atoms with van der Waals surface area (Å²) in [5.74, 6) is 1.05. The summed E-state index contributed by atoms with van der Waals surface area (Å²) >= 11 is 11.8. The topological polar surface area (TPSA) is 86.8 Å². The molecule has 0 saturated carbocycles. The van der Waals surface area contributed by atoms with Crippen molar-refractivity contribution in [2.75, 3.05) is 11.9 Å². The van der Waals surface area contributed by atoms with Crippen molar-refractivity contribution in [3.05, 3.63) is 34.5 Å². The van der Waals surface area contributed by atoms with Crippen LogP contribution in [0.4, 0.5) is 10.6 Å². The fourth-order valence-corrected chi connectivity index (χ4v) is 2.75. The first-order valence-corrected chi connectivity index (χ1v) is 7.64. The fourth-order valence-electron chi connectivity index (χ4n) is 2.50. The van der Waals surface area contributed by atoms with Gasteiger partial charge >= 0.3 is 6.03 Å². The van der Waals surface area contributed by atoms with Gasteiger partial charge in [0.05, 0.1) is 16.1 Å². The summed E-state index contributed by atoms with van der Waals surface area (Å²) in [5, 5.41) is 10.1. The third kappa shape index (κ3) is 3.15. The summed E-state index contributed by atoms with van der Waals surface area (Å²) in [6.07, 6.45) is 5.69. The molecule has 9 heteroatoms. The van der Waals surface area contributed by atoms with Crippen LogP contribution < -0.4 is 5.32 Å². The van der Waals surface area contributed by atoms with E-state index in [1.807, 2.05) is 0 Å². The molecule has 0 aliphatic carbocycles. The number of nitrogens with zero attached hydrogens (tertiary/aromatic N) is 4. The number of pyridine rings is 1. The molecule has 1 atom stereocenters. The first-order valence-electron chi connectivity index (χ1n) is 6.89. The minimum absolute atomic E-state index is 0.112. The number of aromatic amines is 1. The van der Waals surface area contributed by atoms with Crippen molar-refractivity contribution in [3.63, 3.8) is 0 Å². The van der Waals surface area contributed by atoms with Crippen molar-refractivity contribution < 1.29 is 4.79 Å². The van der Waals surface area contributed by atoms with Crippen LogP contribution in [0.25, 0.3) is 0 Å². The Balaban J connectivity index is 1.75. The Labute approximate surface area is 137 Å². The zero-order chi connectivity index (χ0) is 15.5. The van der Waals surface area contributed by atoms with Crippen LogP contribution in [0.15, 0.2) is 18.6 Å². The Kier molecular flexibility index (Phi) is 4.44. The van der Waals surface area contributed by atoms with Gasteiger partial charge in [0.25, 0.3) is 0 Å². The number of nitrogens with one attached hydrogen (secondary N) is 2. The van der Waals surface area contributed by atoms with Gasteiger partial charge in [-0.3, -0.25) is 10.4 Å². The van der Waals surface area contributed by atoms with Gasteiger partial charge in [0, 0.05) is 18.8 Å². The largest absolute Gasteiger partial charge is 0.323 e. The van der Waals surface area contributed by atoms with Gasteiger partial charge in [-0.25, -0.2) is 14.8 Å². The molecular weight excluding hydrogens is 327 g/mol. The van der Waals surface area contributed by atoms with Gasteiger partial charge < -0.3 is 4.90 Å². The molecule has 3 rings (SSSR count). The third-order valence-corrected chi connectivity index (χ3v) is 4.27.